The fraction of sp³-hybridized carbons (Fsp3) is 0.538. The minimum absolute atomic E-state index is 0.385. The van der Waals surface area contributed by atoms with Gasteiger partial charge in [-0.2, -0.15) is 0 Å². The maximum atomic E-state index is 11.3. The Bertz CT molecular complexity index is 476. The molecular formula is C13H18O3S. The van der Waals surface area contributed by atoms with Gasteiger partial charge in [0.05, 0.1) is 17.1 Å². The predicted molar refractivity (Wildman–Crippen MR) is 66.8 cm³/mol. The minimum Gasteiger partial charge on any atom is -0.370 e. The molecule has 0 amide bonds. The highest BCUT2D eigenvalue weighted by Gasteiger charge is 2.35. The molecule has 2 rings (SSSR count). The van der Waals surface area contributed by atoms with Gasteiger partial charge in [-0.05, 0) is 37.0 Å². The van der Waals surface area contributed by atoms with Crippen molar-refractivity contribution in [1.29, 1.82) is 0 Å². The highest BCUT2D eigenvalue weighted by atomic mass is 32.2. The summed E-state index contributed by atoms with van der Waals surface area (Å²) in [6, 6.07) is 7.13. The molecule has 4 heteroatoms. The van der Waals surface area contributed by atoms with Crippen LogP contribution in [-0.2, 0) is 21.0 Å². The third-order valence-corrected chi connectivity index (χ3v) is 4.29. The van der Waals surface area contributed by atoms with E-state index in [0.717, 1.165) is 19.3 Å². The summed E-state index contributed by atoms with van der Waals surface area (Å²) in [5.41, 5.74) is 1.17. The van der Waals surface area contributed by atoms with E-state index in [2.05, 4.69) is 6.92 Å². The first-order valence-electron chi connectivity index (χ1n) is 5.95. The van der Waals surface area contributed by atoms with Crippen molar-refractivity contribution in [1.82, 2.24) is 0 Å². The van der Waals surface area contributed by atoms with Crippen molar-refractivity contribution in [2.75, 3.05) is 6.26 Å². The first-order valence-corrected chi connectivity index (χ1v) is 7.84. The Labute approximate surface area is 103 Å². The van der Waals surface area contributed by atoms with Crippen molar-refractivity contribution in [2.45, 2.75) is 43.3 Å². The molecule has 2 unspecified atom stereocenters. The Morgan fingerprint density at radius 1 is 1.18 bits per heavy atom. The second kappa shape index (κ2) is 4.78. The van der Waals surface area contributed by atoms with Crippen LogP contribution in [0.2, 0.25) is 0 Å². The molecule has 0 spiro atoms. The lowest BCUT2D eigenvalue weighted by Crippen LogP contribution is -1.98. The molecule has 0 aromatic heterocycles. The van der Waals surface area contributed by atoms with E-state index in [1.165, 1.54) is 11.8 Å². The summed E-state index contributed by atoms with van der Waals surface area (Å²) in [4.78, 5) is 0.385. The van der Waals surface area contributed by atoms with Gasteiger partial charge in [-0.1, -0.05) is 19.1 Å². The molecule has 1 fully saturated rings. The smallest absolute Gasteiger partial charge is 0.175 e. The molecule has 1 aliphatic heterocycles. The van der Waals surface area contributed by atoms with E-state index in [0.29, 0.717) is 17.1 Å². The Balaban J connectivity index is 1.91. The normalized spacial score (nSPS) is 23.6. The van der Waals surface area contributed by atoms with Crippen molar-refractivity contribution in [3.63, 3.8) is 0 Å². The molecule has 94 valence electrons. The van der Waals surface area contributed by atoms with E-state index < -0.39 is 9.84 Å². The first-order chi connectivity index (χ1) is 8.00. The molecule has 17 heavy (non-hydrogen) atoms. The summed E-state index contributed by atoms with van der Waals surface area (Å²) in [6.45, 7) is 2.13. The van der Waals surface area contributed by atoms with Crippen molar-refractivity contribution >= 4 is 9.84 Å². The van der Waals surface area contributed by atoms with Gasteiger partial charge in [0, 0.05) is 6.26 Å². The van der Waals surface area contributed by atoms with Gasteiger partial charge in [-0.15, -0.1) is 0 Å². The van der Waals surface area contributed by atoms with Crippen LogP contribution in [0.25, 0.3) is 0 Å². The summed E-state index contributed by atoms with van der Waals surface area (Å²) >= 11 is 0. The van der Waals surface area contributed by atoms with E-state index in [4.69, 9.17) is 4.74 Å². The zero-order valence-corrected chi connectivity index (χ0v) is 11.0. The van der Waals surface area contributed by atoms with Crippen molar-refractivity contribution in [2.24, 2.45) is 0 Å². The highest BCUT2D eigenvalue weighted by molar-refractivity contribution is 7.90. The minimum atomic E-state index is -3.08. The SMILES string of the molecule is CCC1OC1CCc1ccc(S(C)(=O)=O)cc1. The molecule has 1 saturated heterocycles. The van der Waals surface area contributed by atoms with Gasteiger partial charge in [0.25, 0.3) is 0 Å². The Morgan fingerprint density at radius 3 is 2.29 bits per heavy atom. The third kappa shape index (κ3) is 3.30. The fourth-order valence-corrected chi connectivity index (χ4v) is 2.63. The molecule has 1 aliphatic rings. The van der Waals surface area contributed by atoms with E-state index >= 15 is 0 Å². The molecule has 1 heterocycles. The maximum Gasteiger partial charge on any atom is 0.175 e. The van der Waals surface area contributed by atoms with Crippen molar-refractivity contribution in [3.05, 3.63) is 29.8 Å². The summed E-state index contributed by atoms with van der Waals surface area (Å²) in [5, 5.41) is 0. The summed E-state index contributed by atoms with van der Waals surface area (Å²) in [6.07, 6.45) is 5.14. The number of hydrogen-bond donors (Lipinski definition) is 0. The van der Waals surface area contributed by atoms with Crippen LogP contribution < -0.4 is 0 Å². The maximum absolute atomic E-state index is 11.3. The van der Waals surface area contributed by atoms with E-state index in [-0.39, 0.29) is 0 Å². The molecule has 0 bridgehead atoms. The molecular weight excluding hydrogens is 236 g/mol. The van der Waals surface area contributed by atoms with Gasteiger partial charge >= 0.3 is 0 Å². The van der Waals surface area contributed by atoms with Crippen LogP contribution in [0, 0.1) is 0 Å². The molecule has 0 N–H and O–H groups in total. The van der Waals surface area contributed by atoms with E-state index in [9.17, 15) is 8.42 Å². The molecule has 1 aromatic rings. The summed E-state index contributed by atoms with van der Waals surface area (Å²) in [7, 11) is -3.08. The van der Waals surface area contributed by atoms with Crippen LogP contribution in [0.4, 0.5) is 0 Å². The summed E-state index contributed by atoms with van der Waals surface area (Å²) < 4.78 is 28.0. The fourth-order valence-electron chi connectivity index (χ4n) is 2.00. The number of rotatable bonds is 5. The van der Waals surface area contributed by atoms with E-state index in [1.54, 1.807) is 12.1 Å². The van der Waals surface area contributed by atoms with Gasteiger partial charge in [0.1, 0.15) is 0 Å². The Hall–Kier alpha value is -0.870. The second-order valence-corrected chi connectivity index (χ2v) is 6.59. The quantitative estimate of drug-likeness (QED) is 0.757. The predicted octanol–water partition coefficient (Wildman–Crippen LogP) is 2.20. The van der Waals surface area contributed by atoms with E-state index in [1.807, 2.05) is 12.1 Å². The standard InChI is InChI=1S/C13H18O3S/c1-3-12-13(16-12)9-6-10-4-7-11(8-5-10)17(2,14)15/h4-5,7-8,12-13H,3,6,9H2,1-2H3. The van der Waals surface area contributed by atoms with Crippen LogP contribution >= 0.6 is 0 Å². The van der Waals surface area contributed by atoms with Gasteiger partial charge in [-0.3, -0.25) is 0 Å². The topological polar surface area (TPSA) is 46.7 Å². The molecule has 0 saturated carbocycles. The zero-order valence-electron chi connectivity index (χ0n) is 10.2. The van der Waals surface area contributed by atoms with Gasteiger partial charge in [0.15, 0.2) is 9.84 Å². The van der Waals surface area contributed by atoms with Crippen LogP contribution in [0.5, 0.6) is 0 Å². The number of aryl methyl sites for hydroxylation is 1. The number of epoxide rings is 1. The highest BCUT2D eigenvalue weighted by Crippen LogP contribution is 2.29. The lowest BCUT2D eigenvalue weighted by Gasteiger charge is -2.01. The number of benzene rings is 1. The average Bonchev–Trinajstić information content (AvgIpc) is 3.04. The van der Waals surface area contributed by atoms with Crippen molar-refractivity contribution < 1.29 is 13.2 Å². The second-order valence-electron chi connectivity index (χ2n) is 4.58. The average molecular weight is 254 g/mol. The molecule has 3 nitrogen and oxygen atoms in total. The molecule has 0 radical (unpaired) electrons. The number of sulfone groups is 1. The number of ether oxygens (including phenoxy) is 1. The Morgan fingerprint density at radius 2 is 1.82 bits per heavy atom. The lowest BCUT2D eigenvalue weighted by atomic mass is 10.1. The van der Waals surface area contributed by atoms with Gasteiger partial charge in [-0.25, -0.2) is 8.42 Å². The van der Waals surface area contributed by atoms with Crippen LogP contribution in [0.3, 0.4) is 0 Å². The monoisotopic (exact) mass is 254 g/mol. The van der Waals surface area contributed by atoms with Gasteiger partial charge in [0.2, 0.25) is 0 Å². The third-order valence-electron chi connectivity index (χ3n) is 3.16. The molecule has 2 atom stereocenters. The summed E-state index contributed by atoms with van der Waals surface area (Å²) in [5.74, 6) is 0. The zero-order chi connectivity index (χ0) is 12.5. The lowest BCUT2D eigenvalue weighted by molar-refractivity contribution is 0.360. The number of hydrogen-bond acceptors (Lipinski definition) is 3. The first kappa shape index (κ1) is 12.6. The van der Waals surface area contributed by atoms with Crippen LogP contribution in [0.1, 0.15) is 25.3 Å². The molecule has 0 aliphatic carbocycles. The van der Waals surface area contributed by atoms with Crippen LogP contribution in [-0.4, -0.2) is 26.9 Å². The largest absolute Gasteiger partial charge is 0.370 e. The molecule has 1 aromatic carbocycles. The van der Waals surface area contributed by atoms with Crippen LogP contribution in [0.15, 0.2) is 29.2 Å². The Kier molecular flexibility index (Phi) is 3.54. The van der Waals surface area contributed by atoms with Gasteiger partial charge < -0.3 is 4.74 Å². The van der Waals surface area contributed by atoms with Crippen molar-refractivity contribution in [3.8, 4) is 0 Å².